The van der Waals surface area contributed by atoms with Crippen molar-refractivity contribution in [3.05, 3.63) is 71.9 Å². The summed E-state index contributed by atoms with van der Waals surface area (Å²) in [5.41, 5.74) is 2.10. The van der Waals surface area contributed by atoms with Gasteiger partial charge >= 0.3 is 6.61 Å². The Morgan fingerprint density at radius 2 is 1.65 bits per heavy atom. The molecule has 4 rings (SSSR count). The minimum Gasteiger partial charge on any atom is -0.435 e. The lowest BCUT2D eigenvalue weighted by Gasteiger charge is -2.16. The Kier molecular flexibility index (Phi) is 5.54. The summed E-state index contributed by atoms with van der Waals surface area (Å²) in [5.74, 6) is -1.26. The van der Waals surface area contributed by atoms with E-state index in [1.54, 1.807) is 23.0 Å². The number of carbonyl (C=O) groups is 2. The molecule has 0 aliphatic carbocycles. The molecule has 1 aliphatic heterocycles. The van der Waals surface area contributed by atoms with Crippen LogP contribution in [-0.2, 0) is 9.59 Å². The summed E-state index contributed by atoms with van der Waals surface area (Å²) in [6, 6.07) is 15.1. The summed E-state index contributed by atoms with van der Waals surface area (Å²) in [7, 11) is 0. The first-order chi connectivity index (χ1) is 14.9. The quantitative estimate of drug-likeness (QED) is 0.362. The monoisotopic (exact) mass is 440 g/mol. The SMILES string of the molecule is O=C1NC(=S)NC(=O)C1=Cc1cn(-c2ccccc2)nc1-c1ccc(OC(F)F)cc1. The van der Waals surface area contributed by atoms with Crippen LogP contribution in [-0.4, -0.2) is 33.3 Å². The second kappa shape index (κ2) is 8.44. The van der Waals surface area contributed by atoms with E-state index in [9.17, 15) is 18.4 Å². The predicted molar refractivity (Wildman–Crippen MR) is 112 cm³/mol. The number of aromatic nitrogens is 2. The number of amides is 2. The van der Waals surface area contributed by atoms with Gasteiger partial charge in [-0.25, -0.2) is 4.68 Å². The van der Waals surface area contributed by atoms with Gasteiger partial charge in [0.2, 0.25) is 0 Å². The summed E-state index contributed by atoms with van der Waals surface area (Å²) < 4.78 is 30.8. The van der Waals surface area contributed by atoms with E-state index in [0.29, 0.717) is 16.8 Å². The molecule has 0 saturated carbocycles. The van der Waals surface area contributed by atoms with Crippen LogP contribution >= 0.6 is 12.2 Å². The fourth-order valence-electron chi connectivity index (χ4n) is 2.99. The highest BCUT2D eigenvalue weighted by atomic mass is 32.1. The second-order valence-corrected chi connectivity index (χ2v) is 6.82. The highest BCUT2D eigenvalue weighted by Crippen LogP contribution is 2.28. The smallest absolute Gasteiger partial charge is 0.387 e. The Bertz CT molecular complexity index is 1170. The number of rotatable bonds is 5. The van der Waals surface area contributed by atoms with Crippen LogP contribution in [0.3, 0.4) is 0 Å². The maximum absolute atomic E-state index is 12.4. The fourth-order valence-corrected chi connectivity index (χ4v) is 3.17. The number of hydrogen-bond donors (Lipinski definition) is 2. The van der Waals surface area contributed by atoms with Crippen molar-refractivity contribution >= 4 is 35.2 Å². The largest absolute Gasteiger partial charge is 0.435 e. The van der Waals surface area contributed by atoms with E-state index in [2.05, 4.69) is 20.5 Å². The normalized spacial score (nSPS) is 13.8. The zero-order valence-corrected chi connectivity index (χ0v) is 16.5. The molecule has 1 aliphatic rings. The Labute approximate surface area is 180 Å². The number of alkyl halides is 2. The summed E-state index contributed by atoms with van der Waals surface area (Å²) in [5, 5.41) is 9.26. The lowest BCUT2D eigenvalue weighted by Crippen LogP contribution is -2.51. The van der Waals surface area contributed by atoms with Crippen LogP contribution in [0.2, 0.25) is 0 Å². The van der Waals surface area contributed by atoms with Crippen LogP contribution in [0.25, 0.3) is 23.0 Å². The first kappa shape index (κ1) is 20.4. The first-order valence-corrected chi connectivity index (χ1v) is 9.40. The standard InChI is InChI=1S/C21H14F2N4O3S/c22-20(23)30-15-8-6-12(7-9-15)17-13(10-16-18(28)24-21(31)25-19(16)29)11-27(26-17)14-4-2-1-3-5-14/h1-11,20H,(H2,24,25,28,29,31). The number of ether oxygens (including phenoxy) is 1. The minimum absolute atomic E-state index is 0.000644. The number of halogens is 2. The number of nitrogens with zero attached hydrogens (tertiary/aromatic N) is 2. The Hall–Kier alpha value is -3.92. The molecule has 1 fully saturated rings. The number of thiocarbonyl (C=S) groups is 1. The topological polar surface area (TPSA) is 85.3 Å². The Morgan fingerprint density at radius 3 is 2.26 bits per heavy atom. The molecule has 0 radical (unpaired) electrons. The molecule has 0 atom stereocenters. The number of benzene rings is 2. The Balaban J connectivity index is 1.79. The summed E-state index contributed by atoms with van der Waals surface area (Å²) >= 11 is 4.82. The molecule has 31 heavy (non-hydrogen) atoms. The molecular weight excluding hydrogens is 426 g/mol. The van der Waals surface area contributed by atoms with E-state index >= 15 is 0 Å². The molecular formula is C21H14F2N4O3S. The minimum atomic E-state index is -2.93. The zero-order valence-electron chi connectivity index (χ0n) is 15.7. The van der Waals surface area contributed by atoms with Gasteiger partial charge in [-0.05, 0) is 54.7 Å². The summed E-state index contributed by atoms with van der Waals surface area (Å²) in [6.07, 6.45) is 3.06. The number of para-hydroxylation sites is 1. The van der Waals surface area contributed by atoms with Gasteiger partial charge in [-0.1, -0.05) is 18.2 Å². The van der Waals surface area contributed by atoms with E-state index in [1.165, 1.54) is 18.2 Å². The molecule has 156 valence electrons. The van der Waals surface area contributed by atoms with Crippen molar-refractivity contribution in [2.45, 2.75) is 6.61 Å². The lowest BCUT2D eigenvalue weighted by atomic mass is 10.0. The molecule has 0 bridgehead atoms. The molecule has 2 N–H and O–H groups in total. The highest BCUT2D eigenvalue weighted by Gasteiger charge is 2.26. The van der Waals surface area contributed by atoms with E-state index < -0.39 is 18.4 Å². The van der Waals surface area contributed by atoms with Crippen molar-refractivity contribution in [1.82, 2.24) is 20.4 Å². The molecule has 1 aromatic heterocycles. The molecule has 2 heterocycles. The molecule has 2 aromatic carbocycles. The molecule has 0 spiro atoms. The highest BCUT2D eigenvalue weighted by molar-refractivity contribution is 7.80. The molecule has 3 aromatic rings. The van der Waals surface area contributed by atoms with Crippen LogP contribution in [0.4, 0.5) is 8.78 Å². The van der Waals surface area contributed by atoms with Crippen molar-refractivity contribution in [1.29, 1.82) is 0 Å². The van der Waals surface area contributed by atoms with Crippen LogP contribution in [0.5, 0.6) is 5.75 Å². The van der Waals surface area contributed by atoms with Gasteiger partial charge in [-0.3, -0.25) is 20.2 Å². The van der Waals surface area contributed by atoms with Gasteiger partial charge in [0.25, 0.3) is 11.8 Å². The zero-order chi connectivity index (χ0) is 22.0. The Morgan fingerprint density at radius 1 is 1.00 bits per heavy atom. The van der Waals surface area contributed by atoms with Gasteiger partial charge in [0.05, 0.1) is 11.4 Å². The third kappa shape index (κ3) is 4.48. The van der Waals surface area contributed by atoms with Gasteiger partial charge < -0.3 is 4.74 Å². The number of carbonyl (C=O) groups excluding carboxylic acids is 2. The third-order valence-corrected chi connectivity index (χ3v) is 4.56. The van der Waals surface area contributed by atoms with Crippen molar-refractivity contribution in [2.75, 3.05) is 0 Å². The van der Waals surface area contributed by atoms with Crippen molar-refractivity contribution < 1.29 is 23.1 Å². The number of nitrogens with one attached hydrogen (secondary N) is 2. The van der Waals surface area contributed by atoms with Crippen LogP contribution < -0.4 is 15.4 Å². The van der Waals surface area contributed by atoms with Gasteiger partial charge in [-0.2, -0.15) is 13.9 Å². The summed E-state index contributed by atoms with van der Waals surface area (Å²) in [4.78, 5) is 24.5. The lowest BCUT2D eigenvalue weighted by molar-refractivity contribution is -0.123. The van der Waals surface area contributed by atoms with Gasteiger partial charge in [-0.15, -0.1) is 0 Å². The molecule has 2 amide bonds. The van der Waals surface area contributed by atoms with Gasteiger partial charge in [0.1, 0.15) is 11.3 Å². The first-order valence-electron chi connectivity index (χ1n) is 8.99. The van der Waals surface area contributed by atoms with E-state index in [0.717, 1.165) is 5.69 Å². The average molecular weight is 440 g/mol. The number of hydrogen-bond acceptors (Lipinski definition) is 5. The molecule has 0 unspecified atom stereocenters. The van der Waals surface area contributed by atoms with Crippen LogP contribution in [0.15, 0.2) is 66.4 Å². The average Bonchev–Trinajstić information content (AvgIpc) is 3.15. The maximum Gasteiger partial charge on any atom is 0.387 e. The maximum atomic E-state index is 12.4. The van der Waals surface area contributed by atoms with Gasteiger partial charge in [0.15, 0.2) is 5.11 Å². The molecule has 1 saturated heterocycles. The fraction of sp³-hybridized carbons (Fsp3) is 0.0476. The van der Waals surface area contributed by atoms with Crippen molar-refractivity contribution in [2.24, 2.45) is 0 Å². The van der Waals surface area contributed by atoms with E-state index in [1.807, 2.05) is 30.3 Å². The molecule has 7 nitrogen and oxygen atoms in total. The second-order valence-electron chi connectivity index (χ2n) is 6.41. The predicted octanol–water partition coefficient (Wildman–Crippen LogP) is 3.06. The van der Waals surface area contributed by atoms with Crippen LogP contribution in [0, 0.1) is 0 Å². The summed E-state index contributed by atoms with van der Waals surface area (Å²) in [6.45, 7) is -2.93. The van der Waals surface area contributed by atoms with Crippen molar-refractivity contribution in [3.63, 3.8) is 0 Å². The molecule has 10 heteroatoms. The van der Waals surface area contributed by atoms with Crippen LogP contribution in [0.1, 0.15) is 5.56 Å². The van der Waals surface area contributed by atoms with E-state index in [-0.39, 0.29) is 16.4 Å². The third-order valence-electron chi connectivity index (χ3n) is 4.36. The van der Waals surface area contributed by atoms with Crippen molar-refractivity contribution in [3.8, 4) is 22.7 Å². The van der Waals surface area contributed by atoms with E-state index in [4.69, 9.17) is 12.2 Å². The van der Waals surface area contributed by atoms with Gasteiger partial charge in [0, 0.05) is 17.3 Å².